The lowest BCUT2D eigenvalue weighted by Crippen LogP contribution is -2.57. The molecule has 120 valence electrons. The summed E-state index contributed by atoms with van der Waals surface area (Å²) in [6.07, 6.45) is 2.07. The Kier molecular flexibility index (Phi) is 4.76. The molecule has 22 heavy (non-hydrogen) atoms. The van der Waals surface area contributed by atoms with Gasteiger partial charge in [0, 0.05) is 45.7 Å². The lowest BCUT2D eigenvalue weighted by Gasteiger charge is -2.40. The van der Waals surface area contributed by atoms with Gasteiger partial charge in [-0.15, -0.1) is 0 Å². The third kappa shape index (κ3) is 3.66. The summed E-state index contributed by atoms with van der Waals surface area (Å²) < 4.78 is 5.25. The molecule has 1 aromatic rings. The zero-order valence-electron chi connectivity index (χ0n) is 12.8. The van der Waals surface area contributed by atoms with Gasteiger partial charge in [-0.3, -0.25) is 9.69 Å². The summed E-state index contributed by atoms with van der Waals surface area (Å²) >= 11 is 0. The van der Waals surface area contributed by atoms with Crippen molar-refractivity contribution in [3.63, 3.8) is 0 Å². The van der Waals surface area contributed by atoms with Crippen LogP contribution in [0.2, 0.25) is 0 Å². The number of hydrogen-bond donors (Lipinski definition) is 2. The number of carbonyl (C=O) groups is 1. The Morgan fingerprint density at radius 2 is 2.05 bits per heavy atom. The average molecular weight is 304 g/mol. The molecule has 0 saturated carbocycles. The van der Waals surface area contributed by atoms with E-state index in [9.17, 15) is 9.90 Å². The highest BCUT2D eigenvalue weighted by Gasteiger charge is 2.36. The summed E-state index contributed by atoms with van der Waals surface area (Å²) in [5.41, 5.74) is 0.421. The molecule has 2 aliphatic rings. The molecule has 0 aromatic heterocycles. The summed E-state index contributed by atoms with van der Waals surface area (Å²) in [6.45, 7) is 3.21. The molecule has 3 rings (SSSR count). The molecule has 0 radical (unpaired) electrons. The van der Waals surface area contributed by atoms with Gasteiger partial charge < -0.3 is 15.2 Å². The summed E-state index contributed by atoms with van der Waals surface area (Å²) in [6, 6.07) is 10.1. The van der Waals surface area contributed by atoms with Crippen LogP contribution in [0.25, 0.3) is 0 Å². The van der Waals surface area contributed by atoms with Gasteiger partial charge in [-0.2, -0.15) is 0 Å². The summed E-state index contributed by atoms with van der Waals surface area (Å²) in [5.74, 6) is 0.0297. The molecule has 2 aliphatic heterocycles. The van der Waals surface area contributed by atoms with Gasteiger partial charge in [-0.05, 0) is 12.0 Å². The van der Waals surface area contributed by atoms with Gasteiger partial charge in [-0.25, -0.2) is 0 Å². The van der Waals surface area contributed by atoms with Crippen LogP contribution in [0, 0.1) is 0 Å². The third-order valence-electron chi connectivity index (χ3n) is 4.68. The van der Waals surface area contributed by atoms with E-state index in [4.69, 9.17) is 4.74 Å². The largest absolute Gasteiger partial charge is 0.388 e. The minimum Gasteiger partial charge on any atom is -0.388 e. The van der Waals surface area contributed by atoms with E-state index in [0.29, 0.717) is 32.6 Å². The fourth-order valence-electron chi connectivity index (χ4n) is 3.04. The number of likely N-dealkylation sites (tertiary alicyclic amines) is 1. The molecule has 1 aromatic carbocycles. The zero-order chi connectivity index (χ0) is 15.4. The van der Waals surface area contributed by atoms with Crippen molar-refractivity contribution in [3.05, 3.63) is 35.9 Å². The minimum atomic E-state index is -0.804. The average Bonchev–Trinajstić information content (AvgIpc) is 2.52. The van der Waals surface area contributed by atoms with Gasteiger partial charge in [0.25, 0.3) is 0 Å². The maximum absolute atomic E-state index is 12.3. The molecule has 5 nitrogen and oxygen atoms in total. The number of carbonyl (C=O) groups excluding carboxylic acids is 1. The number of nitrogens with zero attached hydrogens (tertiary/aromatic N) is 1. The van der Waals surface area contributed by atoms with Crippen LogP contribution < -0.4 is 5.32 Å². The molecule has 1 unspecified atom stereocenters. The van der Waals surface area contributed by atoms with Crippen LogP contribution in [0.15, 0.2) is 30.3 Å². The van der Waals surface area contributed by atoms with E-state index in [1.807, 2.05) is 18.2 Å². The van der Waals surface area contributed by atoms with E-state index in [2.05, 4.69) is 22.3 Å². The number of benzene rings is 1. The number of amides is 1. The fraction of sp³-hybridized carbons (Fsp3) is 0.588. The molecule has 0 spiro atoms. The van der Waals surface area contributed by atoms with Crippen LogP contribution >= 0.6 is 0 Å². The zero-order valence-corrected chi connectivity index (χ0v) is 12.8. The smallest absolute Gasteiger partial charge is 0.237 e. The minimum absolute atomic E-state index is 0.0297. The standard InChI is InChI=1S/C17H24N2O3/c20-16(18-13-17(21)7-10-22-11-8-17)15-6-9-19(15)12-14-4-2-1-3-5-14/h1-5,15,21H,6-13H2,(H,18,20). The van der Waals surface area contributed by atoms with E-state index in [1.165, 1.54) is 5.56 Å². The Morgan fingerprint density at radius 1 is 1.32 bits per heavy atom. The second-order valence-corrected chi connectivity index (χ2v) is 6.32. The molecular weight excluding hydrogens is 280 g/mol. The van der Waals surface area contributed by atoms with Gasteiger partial charge in [0.15, 0.2) is 0 Å². The predicted molar refractivity (Wildman–Crippen MR) is 83.3 cm³/mol. The molecule has 2 saturated heterocycles. The number of nitrogens with one attached hydrogen (secondary N) is 1. The lowest BCUT2D eigenvalue weighted by molar-refractivity contribution is -0.133. The Bertz CT molecular complexity index is 500. The van der Waals surface area contributed by atoms with Crippen molar-refractivity contribution in [1.82, 2.24) is 10.2 Å². The Morgan fingerprint density at radius 3 is 2.68 bits per heavy atom. The SMILES string of the molecule is O=C(NCC1(O)CCOCC1)C1CCN1Cc1ccccc1. The first-order chi connectivity index (χ1) is 10.7. The van der Waals surface area contributed by atoms with Crippen molar-refractivity contribution in [1.29, 1.82) is 0 Å². The van der Waals surface area contributed by atoms with E-state index < -0.39 is 5.60 Å². The van der Waals surface area contributed by atoms with Crippen molar-refractivity contribution >= 4 is 5.91 Å². The molecular formula is C17H24N2O3. The second kappa shape index (κ2) is 6.77. The molecule has 2 fully saturated rings. The molecule has 2 heterocycles. The van der Waals surface area contributed by atoms with Gasteiger partial charge >= 0.3 is 0 Å². The van der Waals surface area contributed by atoms with Crippen LogP contribution in [0.3, 0.4) is 0 Å². The van der Waals surface area contributed by atoms with E-state index in [0.717, 1.165) is 19.5 Å². The van der Waals surface area contributed by atoms with Crippen molar-refractivity contribution in [2.24, 2.45) is 0 Å². The van der Waals surface area contributed by atoms with Crippen molar-refractivity contribution in [3.8, 4) is 0 Å². The van der Waals surface area contributed by atoms with Crippen molar-refractivity contribution < 1.29 is 14.6 Å². The molecule has 2 N–H and O–H groups in total. The quantitative estimate of drug-likeness (QED) is 0.849. The summed E-state index contributed by atoms with van der Waals surface area (Å²) in [5, 5.41) is 13.3. The highest BCUT2D eigenvalue weighted by Crippen LogP contribution is 2.22. The Hall–Kier alpha value is -1.43. The van der Waals surface area contributed by atoms with Crippen LogP contribution in [0.5, 0.6) is 0 Å². The van der Waals surface area contributed by atoms with E-state index >= 15 is 0 Å². The number of aliphatic hydroxyl groups is 1. The Labute approximate surface area is 131 Å². The topological polar surface area (TPSA) is 61.8 Å². The molecule has 1 amide bonds. The fourth-order valence-corrected chi connectivity index (χ4v) is 3.04. The third-order valence-corrected chi connectivity index (χ3v) is 4.68. The molecule has 1 atom stereocenters. The maximum atomic E-state index is 12.3. The summed E-state index contributed by atoms with van der Waals surface area (Å²) in [4.78, 5) is 14.5. The van der Waals surface area contributed by atoms with Gasteiger partial charge in [0.1, 0.15) is 0 Å². The van der Waals surface area contributed by atoms with E-state index in [1.54, 1.807) is 0 Å². The van der Waals surface area contributed by atoms with Gasteiger partial charge in [-0.1, -0.05) is 30.3 Å². The predicted octanol–water partition coefficient (Wildman–Crippen LogP) is 0.919. The molecule has 0 bridgehead atoms. The first-order valence-electron chi connectivity index (χ1n) is 8.02. The molecule has 5 heteroatoms. The first kappa shape index (κ1) is 15.5. The van der Waals surface area contributed by atoms with Gasteiger partial charge in [0.05, 0.1) is 11.6 Å². The molecule has 0 aliphatic carbocycles. The highest BCUT2D eigenvalue weighted by molar-refractivity contribution is 5.82. The number of ether oxygens (including phenoxy) is 1. The lowest BCUT2D eigenvalue weighted by atomic mass is 9.94. The highest BCUT2D eigenvalue weighted by atomic mass is 16.5. The van der Waals surface area contributed by atoms with Crippen LogP contribution in [0.4, 0.5) is 0 Å². The first-order valence-corrected chi connectivity index (χ1v) is 8.02. The van der Waals surface area contributed by atoms with Crippen LogP contribution in [0.1, 0.15) is 24.8 Å². The van der Waals surface area contributed by atoms with Crippen LogP contribution in [-0.4, -0.2) is 53.9 Å². The van der Waals surface area contributed by atoms with Crippen molar-refractivity contribution in [2.75, 3.05) is 26.3 Å². The number of rotatable bonds is 5. The maximum Gasteiger partial charge on any atom is 0.237 e. The normalized spacial score (nSPS) is 24.5. The van der Waals surface area contributed by atoms with Gasteiger partial charge in [0.2, 0.25) is 5.91 Å². The Balaban J connectivity index is 1.48. The monoisotopic (exact) mass is 304 g/mol. The van der Waals surface area contributed by atoms with Crippen LogP contribution in [-0.2, 0) is 16.1 Å². The summed E-state index contributed by atoms with van der Waals surface area (Å²) in [7, 11) is 0. The van der Waals surface area contributed by atoms with E-state index in [-0.39, 0.29) is 11.9 Å². The number of hydrogen-bond acceptors (Lipinski definition) is 4. The second-order valence-electron chi connectivity index (χ2n) is 6.32. The van der Waals surface area contributed by atoms with Crippen molar-refractivity contribution in [2.45, 2.75) is 37.5 Å².